The first kappa shape index (κ1) is 16.0. The predicted molar refractivity (Wildman–Crippen MR) is 95.9 cm³/mol. The number of benzene rings is 2. The summed E-state index contributed by atoms with van der Waals surface area (Å²) in [4.78, 5) is 12.2. The van der Waals surface area contributed by atoms with Crippen LogP contribution < -0.4 is 10.6 Å². The Hall–Kier alpha value is -2.92. The van der Waals surface area contributed by atoms with E-state index < -0.39 is 0 Å². The summed E-state index contributed by atoms with van der Waals surface area (Å²) in [6.45, 7) is 1.96. The molecule has 6 heteroatoms. The van der Waals surface area contributed by atoms with Gasteiger partial charge in [0.15, 0.2) is 11.5 Å². The lowest BCUT2D eigenvalue weighted by atomic mass is 10.2. The molecule has 0 aliphatic heterocycles. The molecule has 2 aromatic carbocycles. The standard InChI is InChI=1S/C18H15ClN4O/c1-12-4-2-6-14(10-12)21-18(24)16-8-9-17(23-22-16)20-15-7-3-5-13(19)11-15/h2-11H,1H3,(H,20,23)(H,21,24). The average Bonchev–Trinajstić information content (AvgIpc) is 2.55. The Bertz CT molecular complexity index is 865. The highest BCUT2D eigenvalue weighted by atomic mass is 35.5. The fourth-order valence-electron chi connectivity index (χ4n) is 2.15. The lowest BCUT2D eigenvalue weighted by molar-refractivity contribution is 0.102. The van der Waals surface area contributed by atoms with Gasteiger partial charge >= 0.3 is 0 Å². The van der Waals surface area contributed by atoms with E-state index in [0.29, 0.717) is 10.8 Å². The molecule has 3 aromatic rings. The maximum Gasteiger partial charge on any atom is 0.276 e. The molecular weight excluding hydrogens is 324 g/mol. The highest BCUT2D eigenvalue weighted by Gasteiger charge is 2.09. The molecule has 1 heterocycles. The summed E-state index contributed by atoms with van der Waals surface area (Å²) < 4.78 is 0. The molecule has 5 nitrogen and oxygen atoms in total. The number of halogens is 1. The van der Waals surface area contributed by atoms with Crippen LogP contribution in [-0.2, 0) is 0 Å². The van der Waals surface area contributed by atoms with Crippen LogP contribution in [0.4, 0.5) is 17.2 Å². The first-order chi connectivity index (χ1) is 11.6. The Morgan fingerprint density at radius 1 is 0.958 bits per heavy atom. The van der Waals surface area contributed by atoms with E-state index >= 15 is 0 Å². The third kappa shape index (κ3) is 4.08. The van der Waals surface area contributed by atoms with Gasteiger partial charge in [0.1, 0.15) is 0 Å². The number of aromatic nitrogens is 2. The monoisotopic (exact) mass is 338 g/mol. The van der Waals surface area contributed by atoms with Crippen LogP contribution in [0.5, 0.6) is 0 Å². The Morgan fingerprint density at radius 3 is 2.46 bits per heavy atom. The molecule has 0 saturated carbocycles. The number of anilines is 3. The van der Waals surface area contributed by atoms with Crippen molar-refractivity contribution >= 4 is 34.7 Å². The van der Waals surface area contributed by atoms with Gasteiger partial charge in [0.2, 0.25) is 0 Å². The molecule has 1 aromatic heterocycles. The van der Waals surface area contributed by atoms with Crippen LogP contribution in [-0.4, -0.2) is 16.1 Å². The van der Waals surface area contributed by atoms with Crippen molar-refractivity contribution in [3.05, 3.63) is 76.9 Å². The zero-order valence-corrected chi connectivity index (χ0v) is 13.7. The van der Waals surface area contributed by atoms with Crippen molar-refractivity contribution in [1.29, 1.82) is 0 Å². The van der Waals surface area contributed by atoms with Gasteiger partial charge < -0.3 is 10.6 Å². The second kappa shape index (κ2) is 7.10. The highest BCUT2D eigenvalue weighted by Crippen LogP contribution is 2.18. The van der Waals surface area contributed by atoms with Gasteiger partial charge in [-0.05, 0) is 55.0 Å². The first-order valence-corrected chi connectivity index (χ1v) is 7.72. The third-order valence-corrected chi connectivity index (χ3v) is 3.51. The second-order valence-corrected chi connectivity index (χ2v) is 5.70. The van der Waals surface area contributed by atoms with Crippen molar-refractivity contribution in [3.8, 4) is 0 Å². The molecule has 3 rings (SSSR count). The molecule has 0 bridgehead atoms. The predicted octanol–water partition coefficient (Wildman–Crippen LogP) is 4.43. The largest absolute Gasteiger partial charge is 0.339 e. The van der Waals surface area contributed by atoms with E-state index in [4.69, 9.17) is 11.6 Å². The van der Waals surface area contributed by atoms with Gasteiger partial charge in [-0.1, -0.05) is 29.8 Å². The van der Waals surface area contributed by atoms with Gasteiger partial charge in [0.25, 0.3) is 5.91 Å². The van der Waals surface area contributed by atoms with E-state index in [1.54, 1.807) is 24.3 Å². The van der Waals surface area contributed by atoms with Crippen molar-refractivity contribution in [3.63, 3.8) is 0 Å². The minimum Gasteiger partial charge on any atom is -0.339 e. The van der Waals surface area contributed by atoms with Crippen LogP contribution in [0.1, 0.15) is 16.1 Å². The number of hydrogen-bond donors (Lipinski definition) is 2. The van der Waals surface area contributed by atoms with Crippen molar-refractivity contribution in [2.75, 3.05) is 10.6 Å². The number of aryl methyl sites for hydroxylation is 1. The fourth-order valence-corrected chi connectivity index (χ4v) is 2.34. The summed E-state index contributed by atoms with van der Waals surface area (Å²) in [5, 5.41) is 14.5. The summed E-state index contributed by atoms with van der Waals surface area (Å²) in [7, 11) is 0. The second-order valence-electron chi connectivity index (χ2n) is 5.26. The van der Waals surface area contributed by atoms with Crippen molar-refractivity contribution in [2.24, 2.45) is 0 Å². The Kier molecular flexibility index (Phi) is 4.72. The van der Waals surface area contributed by atoms with Crippen molar-refractivity contribution < 1.29 is 4.79 Å². The van der Waals surface area contributed by atoms with Crippen LogP contribution in [0.3, 0.4) is 0 Å². The number of carbonyl (C=O) groups is 1. The molecule has 0 unspecified atom stereocenters. The van der Waals surface area contributed by atoms with Gasteiger partial charge in [-0.2, -0.15) is 0 Å². The normalized spacial score (nSPS) is 10.2. The quantitative estimate of drug-likeness (QED) is 0.738. The van der Waals surface area contributed by atoms with E-state index in [9.17, 15) is 4.79 Å². The Morgan fingerprint density at radius 2 is 1.75 bits per heavy atom. The fraction of sp³-hybridized carbons (Fsp3) is 0.0556. The number of rotatable bonds is 4. The molecule has 1 amide bonds. The molecule has 0 fully saturated rings. The van der Waals surface area contributed by atoms with Gasteiger partial charge in [-0.25, -0.2) is 0 Å². The lowest BCUT2D eigenvalue weighted by Crippen LogP contribution is -2.14. The van der Waals surface area contributed by atoms with E-state index in [1.165, 1.54) is 0 Å². The maximum absolute atomic E-state index is 12.2. The molecule has 120 valence electrons. The third-order valence-electron chi connectivity index (χ3n) is 3.27. The topological polar surface area (TPSA) is 66.9 Å². The Labute approximate surface area is 144 Å². The number of carbonyl (C=O) groups excluding carboxylic acids is 1. The van der Waals surface area contributed by atoms with Gasteiger partial charge in [0, 0.05) is 16.4 Å². The van der Waals surface area contributed by atoms with Crippen LogP contribution in [0, 0.1) is 6.92 Å². The van der Waals surface area contributed by atoms with Crippen LogP contribution in [0.2, 0.25) is 5.02 Å². The van der Waals surface area contributed by atoms with Gasteiger partial charge in [0.05, 0.1) is 0 Å². The lowest BCUT2D eigenvalue weighted by Gasteiger charge is -2.07. The molecular formula is C18H15ClN4O. The Balaban J connectivity index is 1.68. The number of amides is 1. The zero-order valence-electron chi connectivity index (χ0n) is 13.0. The summed E-state index contributed by atoms with van der Waals surface area (Å²) in [6.07, 6.45) is 0. The summed E-state index contributed by atoms with van der Waals surface area (Å²) in [5.74, 6) is 0.228. The van der Waals surface area contributed by atoms with Crippen LogP contribution >= 0.6 is 11.6 Å². The van der Waals surface area contributed by atoms with E-state index in [2.05, 4.69) is 20.8 Å². The number of hydrogen-bond acceptors (Lipinski definition) is 4. The molecule has 24 heavy (non-hydrogen) atoms. The number of nitrogens with one attached hydrogen (secondary N) is 2. The van der Waals surface area contributed by atoms with Crippen LogP contribution in [0.25, 0.3) is 0 Å². The number of nitrogens with zero attached hydrogens (tertiary/aromatic N) is 2. The smallest absolute Gasteiger partial charge is 0.276 e. The SMILES string of the molecule is Cc1cccc(NC(=O)c2ccc(Nc3cccc(Cl)c3)nn2)c1. The van der Waals surface area contributed by atoms with E-state index in [1.807, 2.05) is 43.3 Å². The van der Waals surface area contributed by atoms with E-state index in [0.717, 1.165) is 16.9 Å². The minimum atomic E-state index is -0.303. The molecule has 0 atom stereocenters. The molecule has 0 spiro atoms. The summed E-state index contributed by atoms with van der Waals surface area (Å²) in [5.41, 5.74) is 2.84. The zero-order chi connectivity index (χ0) is 16.9. The first-order valence-electron chi connectivity index (χ1n) is 7.34. The van der Waals surface area contributed by atoms with Gasteiger partial charge in [-0.3, -0.25) is 4.79 Å². The van der Waals surface area contributed by atoms with E-state index in [-0.39, 0.29) is 11.6 Å². The molecule has 2 N–H and O–H groups in total. The molecule has 0 aliphatic carbocycles. The van der Waals surface area contributed by atoms with Crippen LogP contribution in [0.15, 0.2) is 60.7 Å². The molecule has 0 saturated heterocycles. The summed E-state index contributed by atoms with van der Waals surface area (Å²) >= 11 is 5.94. The minimum absolute atomic E-state index is 0.244. The summed E-state index contributed by atoms with van der Waals surface area (Å²) in [6, 6.07) is 18.1. The van der Waals surface area contributed by atoms with Crippen molar-refractivity contribution in [2.45, 2.75) is 6.92 Å². The average molecular weight is 339 g/mol. The maximum atomic E-state index is 12.2. The molecule has 0 aliphatic rings. The van der Waals surface area contributed by atoms with Gasteiger partial charge in [-0.15, -0.1) is 10.2 Å². The highest BCUT2D eigenvalue weighted by molar-refractivity contribution is 6.30. The van der Waals surface area contributed by atoms with Crippen molar-refractivity contribution in [1.82, 2.24) is 10.2 Å². The molecule has 0 radical (unpaired) electrons.